The van der Waals surface area contributed by atoms with Crippen LogP contribution in [-0.2, 0) is 17.7 Å². The largest absolute Gasteiger partial charge is 0.477 e. The van der Waals surface area contributed by atoms with Gasteiger partial charge in [-0.25, -0.2) is 19.1 Å². The van der Waals surface area contributed by atoms with Crippen LogP contribution in [-0.4, -0.2) is 48.8 Å². The van der Waals surface area contributed by atoms with Gasteiger partial charge in [-0.2, -0.15) is 5.10 Å². The van der Waals surface area contributed by atoms with Gasteiger partial charge in [0.1, 0.15) is 11.2 Å². The van der Waals surface area contributed by atoms with Crippen LogP contribution in [0.25, 0.3) is 5.65 Å². The van der Waals surface area contributed by atoms with Gasteiger partial charge >= 0.3 is 12.1 Å². The van der Waals surface area contributed by atoms with Crippen LogP contribution in [0.15, 0.2) is 12.4 Å². The first-order valence-electron chi connectivity index (χ1n) is 7.32. The van der Waals surface area contributed by atoms with Crippen molar-refractivity contribution in [1.29, 1.82) is 0 Å². The summed E-state index contributed by atoms with van der Waals surface area (Å²) in [7, 11) is 0. The molecule has 1 N–H and O–H groups in total. The molecule has 0 aliphatic carbocycles. The van der Waals surface area contributed by atoms with Crippen molar-refractivity contribution in [1.82, 2.24) is 19.5 Å². The predicted molar refractivity (Wildman–Crippen MR) is 80.3 cm³/mol. The summed E-state index contributed by atoms with van der Waals surface area (Å²) in [4.78, 5) is 29.1. The number of hydrogen-bond acceptors (Lipinski definition) is 5. The number of amides is 1. The van der Waals surface area contributed by atoms with Gasteiger partial charge in [-0.05, 0) is 20.8 Å². The summed E-state index contributed by atoms with van der Waals surface area (Å²) in [5.74, 6) is -1.06. The average molecular weight is 318 g/mol. The summed E-state index contributed by atoms with van der Waals surface area (Å²) in [5.41, 5.74) is 1.57. The number of nitrogens with zero attached hydrogens (tertiary/aromatic N) is 4. The highest BCUT2D eigenvalue weighted by Gasteiger charge is 2.28. The van der Waals surface area contributed by atoms with Crippen molar-refractivity contribution in [3.8, 4) is 0 Å². The fourth-order valence-corrected chi connectivity index (χ4v) is 2.57. The number of carbonyl (C=O) groups is 2. The van der Waals surface area contributed by atoms with Gasteiger partial charge in [0.2, 0.25) is 0 Å². The lowest BCUT2D eigenvalue weighted by atomic mass is 10.1. The van der Waals surface area contributed by atoms with Crippen molar-refractivity contribution in [3.63, 3.8) is 0 Å². The molecule has 1 aliphatic rings. The number of aromatic nitrogens is 3. The summed E-state index contributed by atoms with van der Waals surface area (Å²) in [6.45, 7) is 6.33. The van der Waals surface area contributed by atoms with Crippen LogP contribution in [0.1, 0.15) is 42.4 Å². The molecular weight excluding hydrogens is 300 g/mol. The van der Waals surface area contributed by atoms with Crippen LogP contribution < -0.4 is 0 Å². The van der Waals surface area contributed by atoms with Crippen LogP contribution in [0.4, 0.5) is 4.79 Å². The van der Waals surface area contributed by atoms with Gasteiger partial charge in [-0.1, -0.05) is 0 Å². The van der Waals surface area contributed by atoms with Gasteiger partial charge in [0.15, 0.2) is 5.65 Å². The zero-order valence-corrected chi connectivity index (χ0v) is 13.2. The van der Waals surface area contributed by atoms with Gasteiger partial charge in [0.05, 0.1) is 18.4 Å². The third-order valence-electron chi connectivity index (χ3n) is 3.57. The number of carboxylic acids is 1. The lowest BCUT2D eigenvalue weighted by Gasteiger charge is -2.31. The maximum atomic E-state index is 12.2. The van der Waals surface area contributed by atoms with Crippen molar-refractivity contribution in [3.05, 3.63) is 29.2 Å². The lowest BCUT2D eigenvalue weighted by Crippen LogP contribution is -2.40. The van der Waals surface area contributed by atoms with Crippen molar-refractivity contribution in [2.45, 2.75) is 39.3 Å². The Kier molecular flexibility index (Phi) is 3.46. The van der Waals surface area contributed by atoms with Gasteiger partial charge in [-0.3, -0.25) is 0 Å². The quantitative estimate of drug-likeness (QED) is 0.860. The van der Waals surface area contributed by atoms with Gasteiger partial charge < -0.3 is 14.7 Å². The standard InChI is InChI=1S/C15H18N4O4/c1-15(2,3)23-14(22)18-5-4-11-9(8-18)6-16-12-10(13(20)21)7-17-19(11)12/h6-7H,4-5,8H2,1-3H3,(H,20,21). The number of aromatic carboxylic acids is 1. The highest BCUT2D eigenvalue weighted by atomic mass is 16.6. The van der Waals surface area contributed by atoms with E-state index in [9.17, 15) is 9.59 Å². The molecule has 2 aromatic rings. The second-order valence-electron chi connectivity index (χ2n) is 6.48. The zero-order valence-electron chi connectivity index (χ0n) is 13.2. The number of carboxylic acid groups (broad SMARTS) is 1. The topological polar surface area (TPSA) is 97.0 Å². The molecule has 0 fully saturated rings. The van der Waals surface area contributed by atoms with E-state index in [1.807, 2.05) is 20.8 Å². The highest BCUT2D eigenvalue weighted by molar-refractivity contribution is 5.94. The summed E-state index contributed by atoms with van der Waals surface area (Å²) >= 11 is 0. The minimum absolute atomic E-state index is 0.0716. The summed E-state index contributed by atoms with van der Waals surface area (Å²) < 4.78 is 6.93. The first-order chi connectivity index (χ1) is 10.8. The molecule has 8 heteroatoms. The van der Waals surface area contributed by atoms with Crippen LogP contribution in [0.2, 0.25) is 0 Å². The number of ether oxygens (including phenoxy) is 1. The molecule has 23 heavy (non-hydrogen) atoms. The van der Waals surface area contributed by atoms with Crippen LogP contribution in [0.5, 0.6) is 0 Å². The molecule has 0 saturated carbocycles. The van der Waals surface area contributed by atoms with Gasteiger partial charge in [-0.15, -0.1) is 0 Å². The van der Waals surface area contributed by atoms with Gasteiger partial charge in [0, 0.05) is 24.7 Å². The van der Waals surface area contributed by atoms with E-state index < -0.39 is 11.6 Å². The Morgan fingerprint density at radius 2 is 2.04 bits per heavy atom. The van der Waals surface area contributed by atoms with E-state index >= 15 is 0 Å². The molecule has 0 radical (unpaired) electrons. The van der Waals surface area contributed by atoms with Crippen LogP contribution in [0, 0.1) is 0 Å². The van der Waals surface area contributed by atoms with Crippen LogP contribution >= 0.6 is 0 Å². The van der Waals surface area contributed by atoms with Crippen molar-refractivity contribution in [2.75, 3.05) is 6.54 Å². The second kappa shape index (κ2) is 5.22. The molecule has 0 atom stereocenters. The lowest BCUT2D eigenvalue weighted by molar-refractivity contribution is 0.0221. The van der Waals surface area contributed by atoms with Crippen LogP contribution in [0.3, 0.4) is 0 Å². The third kappa shape index (κ3) is 2.84. The fraction of sp³-hybridized carbons (Fsp3) is 0.467. The van der Waals surface area contributed by atoms with E-state index in [4.69, 9.17) is 9.84 Å². The number of fused-ring (bicyclic) bond motifs is 3. The van der Waals surface area contributed by atoms with E-state index in [2.05, 4.69) is 10.1 Å². The Labute approximate surface area is 132 Å². The third-order valence-corrected chi connectivity index (χ3v) is 3.57. The number of rotatable bonds is 1. The van der Waals surface area contributed by atoms with Crippen molar-refractivity contribution in [2.24, 2.45) is 0 Å². The molecular formula is C15H18N4O4. The van der Waals surface area contributed by atoms with E-state index in [0.717, 1.165) is 11.3 Å². The first-order valence-corrected chi connectivity index (χ1v) is 7.32. The maximum Gasteiger partial charge on any atom is 0.410 e. The Morgan fingerprint density at radius 1 is 1.30 bits per heavy atom. The molecule has 0 unspecified atom stereocenters. The normalized spacial score (nSPS) is 14.7. The first kappa shape index (κ1) is 15.3. The Bertz CT molecular complexity index is 791. The second-order valence-corrected chi connectivity index (χ2v) is 6.48. The summed E-state index contributed by atoms with van der Waals surface area (Å²) in [6, 6.07) is 0. The minimum atomic E-state index is -1.06. The zero-order chi connectivity index (χ0) is 16.8. The van der Waals surface area contributed by atoms with E-state index in [1.165, 1.54) is 6.20 Å². The van der Waals surface area contributed by atoms with Gasteiger partial charge in [0.25, 0.3) is 0 Å². The summed E-state index contributed by atoms with van der Waals surface area (Å²) in [6.07, 6.45) is 3.10. The molecule has 122 valence electrons. The number of carbonyl (C=O) groups excluding carboxylic acids is 1. The molecule has 0 bridgehead atoms. The maximum absolute atomic E-state index is 12.2. The smallest absolute Gasteiger partial charge is 0.410 e. The average Bonchev–Trinajstić information content (AvgIpc) is 2.89. The Morgan fingerprint density at radius 3 is 2.70 bits per heavy atom. The molecule has 1 amide bonds. The predicted octanol–water partition coefficient (Wildman–Crippen LogP) is 1.72. The molecule has 0 aromatic carbocycles. The molecule has 0 spiro atoms. The Balaban J connectivity index is 1.89. The minimum Gasteiger partial charge on any atom is -0.477 e. The molecule has 2 aromatic heterocycles. The van der Waals surface area contributed by atoms with E-state index in [1.54, 1.807) is 15.6 Å². The van der Waals surface area contributed by atoms with Crippen molar-refractivity contribution < 1.29 is 19.4 Å². The fourth-order valence-electron chi connectivity index (χ4n) is 2.57. The van der Waals surface area contributed by atoms with E-state index in [-0.39, 0.29) is 11.7 Å². The summed E-state index contributed by atoms with van der Waals surface area (Å²) in [5, 5.41) is 13.3. The molecule has 8 nitrogen and oxygen atoms in total. The molecule has 0 saturated heterocycles. The highest BCUT2D eigenvalue weighted by Crippen LogP contribution is 2.22. The van der Waals surface area contributed by atoms with Crippen molar-refractivity contribution >= 4 is 17.7 Å². The number of hydrogen-bond donors (Lipinski definition) is 1. The SMILES string of the molecule is CC(C)(C)OC(=O)N1CCc2c(cnc3c(C(=O)O)cnn23)C1. The molecule has 3 rings (SSSR count). The van der Waals surface area contributed by atoms with E-state index in [0.29, 0.717) is 25.2 Å². The molecule has 1 aliphatic heterocycles. The monoisotopic (exact) mass is 318 g/mol. The Hall–Kier alpha value is -2.64. The molecule has 3 heterocycles.